The number of hydrogen-bond donors (Lipinski definition) is 6. The fourth-order valence-corrected chi connectivity index (χ4v) is 26.9. The van der Waals surface area contributed by atoms with Gasteiger partial charge in [-0.05, 0) is 230 Å². The molecule has 0 radical (unpaired) electrons. The van der Waals surface area contributed by atoms with E-state index in [-0.39, 0.29) is 0 Å². The zero-order valence-electron chi connectivity index (χ0n) is 48.1. The molecule has 0 aromatic heterocycles. The van der Waals surface area contributed by atoms with Crippen molar-refractivity contribution >= 4 is 23.5 Å². The van der Waals surface area contributed by atoms with Gasteiger partial charge in [-0.2, -0.15) is 23.5 Å². The van der Waals surface area contributed by atoms with Crippen molar-refractivity contribution in [1.29, 1.82) is 0 Å². The number of fused-ring (bicyclic) bond motifs is 7. The summed E-state index contributed by atoms with van der Waals surface area (Å²) in [5, 5.41) is 29.9. The second-order valence-corrected chi connectivity index (χ2v) is 32.4. The van der Waals surface area contributed by atoms with Crippen molar-refractivity contribution in [1.82, 2.24) is 56.4 Å². The quantitative estimate of drug-likeness (QED) is 0.147. The molecule has 428 valence electrons. The van der Waals surface area contributed by atoms with Crippen LogP contribution in [0.2, 0.25) is 0 Å². The molecule has 11 nitrogen and oxygen atoms in total. The number of rotatable bonds is 7. The molecule has 7 saturated carbocycles. The molecule has 15 fully saturated rings. The average molecular weight is 1080 g/mol. The predicted molar refractivity (Wildman–Crippen MR) is 315 cm³/mol. The maximum atomic E-state index is 4.67. The molecule has 8 heterocycles. The molecule has 8 saturated heterocycles. The van der Waals surface area contributed by atoms with Crippen LogP contribution in [0, 0.1) is 41.4 Å². The third-order valence-electron chi connectivity index (χ3n) is 26.0. The van der Waals surface area contributed by atoms with Crippen molar-refractivity contribution in [2.24, 2.45) is 41.4 Å². The van der Waals surface area contributed by atoms with Crippen LogP contribution in [0.25, 0.3) is 0 Å². The summed E-state index contributed by atoms with van der Waals surface area (Å²) in [7, 11) is 7.74. The largest absolute Gasteiger partial charge is 0.300 e. The van der Waals surface area contributed by atoms with Gasteiger partial charge in [0.15, 0.2) is 0 Å². The molecule has 0 bridgehead atoms. The molecule has 0 aromatic rings. The lowest BCUT2D eigenvalue weighted by Crippen LogP contribution is -2.66. The third kappa shape index (κ3) is 9.46. The Hall–Kier alpha value is 0.260. The van der Waals surface area contributed by atoms with E-state index in [1.807, 2.05) is 0 Å². The maximum Gasteiger partial charge on any atom is 0.0765 e. The zero-order chi connectivity index (χ0) is 50.6. The Morgan fingerprint density at radius 1 is 0.316 bits per heavy atom. The second kappa shape index (κ2) is 22.7. The lowest BCUT2D eigenvalue weighted by atomic mass is 9.51. The monoisotopic (exact) mass is 1080 g/mol. The molecule has 7 aliphatic carbocycles. The Morgan fingerprint density at radius 3 is 1.11 bits per heavy atom. The van der Waals surface area contributed by atoms with Crippen LogP contribution < -0.4 is 31.9 Å². The second-order valence-electron chi connectivity index (χ2n) is 29.4. The van der Waals surface area contributed by atoms with Gasteiger partial charge >= 0.3 is 0 Å². The number of likely N-dealkylation sites (N-methyl/N-ethyl adjacent to an activating group) is 3. The Balaban J connectivity index is 0.801. The van der Waals surface area contributed by atoms with Crippen LogP contribution in [0.3, 0.4) is 0 Å². The van der Waals surface area contributed by atoms with Crippen LogP contribution in [0.5, 0.6) is 0 Å². The third-order valence-corrected chi connectivity index (χ3v) is 29.6. The summed E-state index contributed by atoms with van der Waals surface area (Å²) in [6, 6.07) is 6.67. The minimum Gasteiger partial charge on any atom is -0.300 e. The van der Waals surface area contributed by atoms with Gasteiger partial charge in [0.1, 0.15) is 0 Å². The van der Waals surface area contributed by atoms with Gasteiger partial charge < -0.3 is 16.0 Å². The minimum atomic E-state index is 0.398. The molecule has 15 rings (SSSR count). The summed E-state index contributed by atoms with van der Waals surface area (Å²) in [6.45, 7) is 3.52. The fourth-order valence-electron chi connectivity index (χ4n) is 22.9. The first-order valence-electron chi connectivity index (χ1n) is 33.9. The highest BCUT2D eigenvalue weighted by Crippen LogP contribution is 2.60. The van der Waals surface area contributed by atoms with Crippen molar-refractivity contribution in [3.05, 3.63) is 0 Å². The highest BCUT2D eigenvalue weighted by Gasteiger charge is 2.63. The van der Waals surface area contributed by atoms with Crippen LogP contribution in [0.15, 0.2) is 0 Å². The number of piperidine rings is 3. The molecule has 0 amide bonds. The molecule has 8 aliphatic heterocycles. The Labute approximate surface area is 471 Å². The molecule has 0 aromatic carbocycles. The number of nitrogens with zero attached hydrogens (tertiary/aromatic N) is 5. The van der Waals surface area contributed by atoms with E-state index >= 15 is 0 Å². The van der Waals surface area contributed by atoms with Crippen LogP contribution in [0.1, 0.15) is 199 Å². The minimum absolute atomic E-state index is 0.398. The van der Waals surface area contributed by atoms with Crippen LogP contribution >= 0.6 is 23.5 Å². The smallest absolute Gasteiger partial charge is 0.0765 e. The Morgan fingerprint density at radius 2 is 0.684 bits per heavy atom. The molecule has 22 atom stereocenters. The summed E-state index contributed by atoms with van der Waals surface area (Å²) in [6.07, 6.45) is 47.2. The Kier molecular flexibility index (Phi) is 15.8. The average Bonchev–Trinajstić information content (AvgIpc) is 4.17. The van der Waals surface area contributed by atoms with Gasteiger partial charge in [0.05, 0.1) is 37.0 Å². The van der Waals surface area contributed by atoms with Crippen molar-refractivity contribution in [3.63, 3.8) is 0 Å². The van der Waals surface area contributed by atoms with E-state index in [4.69, 9.17) is 0 Å². The Bertz CT molecular complexity index is 1910. The molecule has 0 spiro atoms. The van der Waals surface area contributed by atoms with Crippen molar-refractivity contribution < 1.29 is 0 Å². The van der Waals surface area contributed by atoms with Crippen molar-refractivity contribution in [2.75, 3.05) is 40.8 Å². The number of nitrogens with one attached hydrogen (secondary N) is 6. The van der Waals surface area contributed by atoms with Crippen LogP contribution in [-0.4, -0.2) is 178 Å². The molecule has 6 N–H and O–H groups in total. The van der Waals surface area contributed by atoms with Crippen LogP contribution in [0.4, 0.5) is 0 Å². The summed E-state index contributed by atoms with van der Waals surface area (Å²) >= 11 is 4.98. The lowest BCUT2D eigenvalue weighted by molar-refractivity contribution is -0.122. The molecule has 13 heteroatoms. The number of hydrogen-bond acceptors (Lipinski definition) is 13. The summed E-state index contributed by atoms with van der Waals surface area (Å²) < 4.78 is 0. The first-order chi connectivity index (χ1) is 37.4. The van der Waals surface area contributed by atoms with E-state index in [9.17, 15) is 0 Å². The molecule has 76 heavy (non-hydrogen) atoms. The first kappa shape index (κ1) is 53.0. The molecule has 15 aliphatic rings. The van der Waals surface area contributed by atoms with Gasteiger partial charge in [-0.15, -0.1) is 0 Å². The van der Waals surface area contributed by atoms with E-state index < -0.39 is 0 Å². The number of thioether (sulfide) groups is 2. The van der Waals surface area contributed by atoms with Gasteiger partial charge in [0.25, 0.3) is 0 Å². The van der Waals surface area contributed by atoms with Crippen molar-refractivity contribution in [3.8, 4) is 0 Å². The lowest BCUT2D eigenvalue weighted by Gasteiger charge is -2.61. The SMILES string of the molecule is CN1C2NCCCC2NC1C1CC(C2CCC(N3C4CCCCC4SC4CCCCC43)CC2)C(C2NC3CCCNC3N2C)C(C2NC3CCCNC3N2C)C1C1CCC(N2C3CCCCC3SC3CCCCC32)CC1. The van der Waals surface area contributed by atoms with Crippen molar-refractivity contribution in [2.45, 2.75) is 311 Å². The van der Waals surface area contributed by atoms with Gasteiger partial charge in [-0.1, -0.05) is 51.4 Å². The summed E-state index contributed by atoms with van der Waals surface area (Å²) in [5.41, 5.74) is 0. The summed E-state index contributed by atoms with van der Waals surface area (Å²) in [5.74, 6) is 4.85. The van der Waals surface area contributed by atoms with Gasteiger partial charge in [0.2, 0.25) is 0 Å². The van der Waals surface area contributed by atoms with E-state index in [1.54, 1.807) is 0 Å². The normalized spacial score (nSPS) is 53.9. The van der Waals surface area contributed by atoms with E-state index in [0.717, 1.165) is 75.0 Å². The molecular formula is C63H109N11S2. The van der Waals surface area contributed by atoms with Gasteiger partial charge in [0, 0.05) is 75.4 Å². The van der Waals surface area contributed by atoms with Gasteiger partial charge in [-0.3, -0.25) is 40.4 Å². The van der Waals surface area contributed by atoms with E-state index in [2.05, 4.69) is 101 Å². The highest BCUT2D eigenvalue weighted by atomic mass is 32.2. The highest BCUT2D eigenvalue weighted by molar-refractivity contribution is 8.00. The molecule has 22 unspecified atom stereocenters. The predicted octanol–water partition coefficient (Wildman–Crippen LogP) is 8.75. The fraction of sp³-hybridized carbons (Fsp3) is 1.00. The summed E-state index contributed by atoms with van der Waals surface area (Å²) in [4.78, 5) is 15.4. The topological polar surface area (TPSA) is 88.4 Å². The van der Waals surface area contributed by atoms with Gasteiger partial charge in [-0.25, -0.2) is 0 Å². The van der Waals surface area contributed by atoms with E-state index in [0.29, 0.717) is 78.8 Å². The standard InChI is InChI=1S/C63H109N11S2/c1-70-58(67-44-15-12-34-64-59(44)70)43-37-42(38-26-30-40(31-27-38)73-47-18-4-8-22-51(47)75-52-23-9-5-19-48(52)73)56(62-68-45-16-13-35-65-60(45)71(62)2)57(63-69-46-17-14-36-66-61(46)72(63)3)55(43)39-28-32-41(33-29-39)74-49-20-6-10-24-53(49)76-54-25-11-7-21-50(54)74/h38-69H,4-37H2,1-3H3. The first-order valence-corrected chi connectivity index (χ1v) is 35.8. The zero-order valence-corrected chi connectivity index (χ0v) is 49.7. The molecular weight excluding hydrogens is 975 g/mol. The maximum absolute atomic E-state index is 4.67. The van der Waals surface area contributed by atoms with E-state index in [1.165, 1.54) is 219 Å². The van der Waals surface area contributed by atoms with Crippen LogP contribution in [-0.2, 0) is 0 Å².